The van der Waals surface area contributed by atoms with Gasteiger partial charge in [0.25, 0.3) is 5.91 Å². The molecule has 0 unspecified atom stereocenters. The van der Waals surface area contributed by atoms with Crippen LogP contribution in [-0.2, 0) is 6.54 Å². The summed E-state index contributed by atoms with van der Waals surface area (Å²) >= 11 is 0. The van der Waals surface area contributed by atoms with E-state index in [0.717, 1.165) is 5.76 Å². The van der Waals surface area contributed by atoms with E-state index in [-0.39, 0.29) is 5.91 Å². The fourth-order valence-electron chi connectivity index (χ4n) is 1.86. The number of nitrogens with zero attached hydrogens (tertiary/aromatic N) is 2. The molecule has 22 heavy (non-hydrogen) atoms. The number of furan rings is 1. The van der Waals surface area contributed by atoms with Gasteiger partial charge >= 0.3 is 0 Å². The summed E-state index contributed by atoms with van der Waals surface area (Å²) in [5.41, 5.74) is 0.573. The van der Waals surface area contributed by atoms with Crippen LogP contribution in [0.5, 0.6) is 0 Å². The lowest BCUT2D eigenvalue weighted by Gasteiger charge is -2.05. The third-order valence-electron chi connectivity index (χ3n) is 2.97. The topological polar surface area (TPSA) is 80.0 Å². The number of hydrogen-bond donors (Lipinski definition) is 2. The Kier molecular flexibility index (Phi) is 4.10. The zero-order chi connectivity index (χ0) is 15.2. The molecule has 0 fully saturated rings. The highest BCUT2D eigenvalue weighted by Crippen LogP contribution is 2.10. The Hall–Kier alpha value is -3.15. The van der Waals surface area contributed by atoms with Crippen LogP contribution in [0.1, 0.15) is 16.1 Å². The first kappa shape index (κ1) is 13.8. The Balaban J connectivity index is 1.58. The number of hydrogen-bond acceptors (Lipinski definition) is 5. The van der Waals surface area contributed by atoms with Gasteiger partial charge in [0.2, 0.25) is 0 Å². The van der Waals surface area contributed by atoms with Gasteiger partial charge in [-0.25, -0.2) is 0 Å². The number of rotatable bonds is 5. The minimum absolute atomic E-state index is 0.216. The molecule has 0 bridgehead atoms. The first-order chi connectivity index (χ1) is 10.8. The minimum atomic E-state index is -0.216. The predicted molar refractivity (Wildman–Crippen MR) is 82.5 cm³/mol. The van der Waals surface area contributed by atoms with Crippen LogP contribution in [0, 0.1) is 0 Å². The van der Waals surface area contributed by atoms with Crippen LogP contribution >= 0.6 is 0 Å². The molecular weight excluding hydrogens is 280 g/mol. The Bertz CT molecular complexity index is 725. The second-order valence-corrected chi connectivity index (χ2v) is 4.56. The fourth-order valence-corrected chi connectivity index (χ4v) is 1.86. The maximum Gasteiger partial charge on any atom is 0.256 e. The van der Waals surface area contributed by atoms with E-state index in [1.165, 1.54) is 0 Å². The number of carbonyl (C=O) groups excluding carboxylic acids is 1. The van der Waals surface area contributed by atoms with Crippen LogP contribution in [-0.4, -0.2) is 16.1 Å². The molecule has 1 aromatic carbocycles. The van der Waals surface area contributed by atoms with Crippen LogP contribution in [0.25, 0.3) is 0 Å². The zero-order valence-corrected chi connectivity index (χ0v) is 11.7. The van der Waals surface area contributed by atoms with Crippen molar-refractivity contribution in [1.82, 2.24) is 10.2 Å². The molecule has 110 valence electrons. The van der Waals surface area contributed by atoms with Gasteiger partial charge in [-0.3, -0.25) is 4.79 Å². The number of anilines is 2. The van der Waals surface area contributed by atoms with Crippen molar-refractivity contribution in [3.63, 3.8) is 0 Å². The van der Waals surface area contributed by atoms with Crippen molar-refractivity contribution in [3.8, 4) is 0 Å². The van der Waals surface area contributed by atoms with E-state index in [1.807, 2.05) is 30.3 Å². The summed E-state index contributed by atoms with van der Waals surface area (Å²) in [7, 11) is 0. The summed E-state index contributed by atoms with van der Waals surface area (Å²) in [5, 5.41) is 13.8. The SMILES string of the molecule is O=C(Nc1ccc(NCc2ccco2)nn1)c1ccccc1. The quantitative estimate of drug-likeness (QED) is 0.756. The van der Waals surface area contributed by atoms with Gasteiger partial charge < -0.3 is 15.1 Å². The molecule has 3 aromatic rings. The maximum atomic E-state index is 12.0. The Morgan fingerprint density at radius 1 is 0.955 bits per heavy atom. The second kappa shape index (κ2) is 6.53. The van der Waals surface area contributed by atoms with Crippen LogP contribution in [0.2, 0.25) is 0 Å². The van der Waals surface area contributed by atoms with Crippen molar-refractivity contribution >= 4 is 17.5 Å². The van der Waals surface area contributed by atoms with Gasteiger partial charge in [-0.2, -0.15) is 0 Å². The van der Waals surface area contributed by atoms with Gasteiger partial charge in [0.15, 0.2) is 5.82 Å². The van der Waals surface area contributed by atoms with Crippen molar-refractivity contribution in [2.45, 2.75) is 6.54 Å². The molecule has 6 nitrogen and oxygen atoms in total. The van der Waals surface area contributed by atoms with Crippen molar-refractivity contribution in [3.05, 3.63) is 72.2 Å². The molecule has 3 rings (SSSR count). The Labute approximate surface area is 127 Å². The van der Waals surface area contributed by atoms with Gasteiger partial charge in [0.05, 0.1) is 12.8 Å². The number of carbonyl (C=O) groups is 1. The lowest BCUT2D eigenvalue weighted by Crippen LogP contribution is -2.13. The molecular formula is C16H14N4O2. The first-order valence-electron chi connectivity index (χ1n) is 6.77. The standard InChI is InChI=1S/C16H14N4O2/c21-16(12-5-2-1-3-6-12)18-15-9-8-14(19-20-15)17-11-13-7-4-10-22-13/h1-10H,11H2,(H,17,19)(H,18,20,21). The van der Waals surface area contributed by atoms with E-state index in [4.69, 9.17) is 4.42 Å². The molecule has 0 aliphatic carbocycles. The lowest BCUT2D eigenvalue weighted by molar-refractivity contribution is 0.102. The molecule has 6 heteroatoms. The molecule has 0 aliphatic rings. The van der Waals surface area contributed by atoms with E-state index in [0.29, 0.717) is 23.7 Å². The summed E-state index contributed by atoms with van der Waals surface area (Å²) in [6.07, 6.45) is 1.62. The molecule has 0 saturated heterocycles. The predicted octanol–water partition coefficient (Wildman–Crippen LogP) is 2.93. The maximum absolute atomic E-state index is 12.0. The summed E-state index contributed by atoms with van der Waals surface area (Å²) in [6.45, 7) is 0.525. The van der Waals surface area contributed by atoms with Crippen molar-refractivity contribution < 1.29 is 9.21 Å². The van der Waals surface area contributed by atoms with E-state index in [2.05, 4.69) is 20.8 Å². The summed E-state index contributed by atoms with van der Waals surface area (Å²) in [5.74, 6) is 1.60. The third-order valence-corrected chi connectivity index (χ3v) is 2.97. The molecule has 0 aliphatic heterocycles. The third kappa shape index (κ3) is 3.49. The number of benzene rings is 1. The molecule has 2 N–H and O–H groups in total. The Morgan fingerprint density at radius 2 is 1.73 bits per heavy atom. The minimum Gasteiger partial charge on any atom is -0.467 e. The van der Waals surface area contributed by atoms with Gasteiger partial charge in [-0.1, -0.05) is 18.2 Å². The molecule has 0 atom stereocenters. The highest BCUT2D eigenvalue weighted by atomic mass is 16.3. The van der Waals surface area contributed by atoms with E-state index in [9.17, 15) is 4.79 Å². The molecule has 0 spiro atoms. The summed E-state index contributed by atoms with van der Waals surface area (Å²) < 4.78 is 5.21. The largest absolute Gasteiger partial charge is 0.467 e. The molecule has 2 heterocycles. The molecule has 2 aromatic heterocycles. The Morgan fingerprint density at radius 3 is 2.41 bits per heavy atom. The zero-order valence-electron chi connectivity index (χ0n) is 11.7. The number of nitrogens with one attached hydrogen (secondary N) is 2. The second-order valence-electron chi connectivity index (χ2n) is 4.56. The molecule has 1 amide bonds. The van der Waals surface area contributed by atoms with Gasteiger partial charge in [0, 0.05) is 5.56 Å². The van der Waals surface area contributed by atoms with Crippen LogP contribution in [0.4, 0.5) is 11.6 Å². The molecule has 0 radical (unpaired) electrons. The normalized spacial score (nSPS) is 10.2. The first-order valence-corrected chi connectivity index (χ1v) is 6.77. The smallest absolute Gasteiger partial charge is 0.256 e. The van der Waals surface area contributed by atoms with Crippen LogP contribution in [0.3, 0.4) is 0 Å². The van der Waals surface area contributed by atoms with Crippen molar-refractivity contribution in [2.24, 2.45) is 0 Å². The van der Waals surface area contributed by atoms with Gasteiger partial charge in [0.1, 0.15) is 11.6 Å². The fraction of sp³-hybridized carbons (Fsp3) is 0.0625. The highest BCUT2D eigenvalue weighted by Gasteiger charge is 2.06. The van der Waals surface area contributed by atoms with Crippen molar-refractivity contribution in [2.75, 3.05) is 10.6 Å². The van der Waals surface area contributed by atoms with Crippen molar-refractivity contribution in [1.29, 1.82) is 0 Å². The average Bonchev–Trinajstić information content (AvgIpc) is 3.08. The lowest BCUT2D eigenvalue weighted by atomic mass is 10.2. The average molecular weight is 294 g/mol. The van der Waals surface area contributed by atoms with E-state index in [1.54, 1.807) is 30.5 Å². The van der Waals surface area contributed by atoms with E-state index >= 15 is 0 Å². The highest BCUT2D eigenvalue weighted by molar-refractivity contribution is 6.03. The number of aromatic nitrogens is 2. The number of amides is 1. The summed E-state index contributed by atoms with van der Waals surface area (Å²) in [6, 6.07) is 16.1. The monoisotopic (exact) mass is 294 g/mol. The summed E-state index contributed by atoms with van der Waals surface area (Å²) in [4.78, 5) is 12.0. The molecule has 0 saturated carbocycles. The van der Waals surface area contributed by atoms with Crippen LogP contribution < -0.4 is 10.6 Å². The van der Waals surface area contributed by atoms with E-state index < -0.39 is 0 Å². The van der Waals surface area contributed by atoms with Crippen LogP contribution in [0.15, 0.2) is 65.3 Å². The van der Waals surface area contributed by atoms with Gasteiger partial charge in [-0.05, 0) is 36.4 Å². The van der Waals surface area contributed by atoms with Gasteiger partial charge in [-0.15, -0.1) is 10.2 Å².